The number of aromatic nitrogens is 1. The van der Waals surface area contributed by atoms with E-state index in [9.17, 15) is 0 Å². The van der Waals surface area contributed by atoms with Gasteiger partial charge in [0.15, 0.2) is 0 Å². The van der Waals surface area contributed by atoms with E-state index in [1.54, 1.807) is 11.3 Å². The summed E-state index contributed by atoms with van der Waals surface area (Å²) in [5, 5.41) is 5.12. The lowest BCUT2D eigenvalue weighted by Gasteiger charge is -2.11. The largest absolute Gasteiger partial charge is 0.487 e. The number of aryl methyl sites for hydroxylation is 1. The van der Waals surface area contributed by atoms with Crippen LogP contribution in [0.5, 0.6) is 5.75 Å². The van der Waals surface area contributed by atoms with Crippen LogP contribution in [0.15, 0.2) is 91.0 Å². The van der Waals surface area contributed by atoms with Crippen molar-refractivity contribution in [3.05, 3.63) is 113 Å². The highest BCUT2D eigenvalue weighted by Gasteiger charge is 2.07. The molecule has 5 aromatic rings. The van der Waals surface area contributed by atoms with Gasteiger partial charge >= 0.3 is 0 Å². The Morgan fingerprint density at radius 1 is 0.879 bits per heavy atom. The molecule has 0 aliphatic heterocycles. The van der Waals surface area contributed by atoms with Crippen LogP contribution in [0.3, 0.4) is 0 Å². The van der Waals surface area contributed by atoms with Crippen molar-refractivity contribution in [1.82, 2.24) is 4.98 Å². The maximum atomic E-state index is 6.45. The molecular formula is C28H23ClN2OS. The molecule has 5 rings (SSSR count). The van der Waals surface area contributed by atoms with Gasteiger partial charge in [-0.25, -0.2) is 4.98 Å². The van der Waals surface area contributed by atoms with Gasteiger partial charge in [-0.2, -0.15) is 0 Å². The van der Waals surface area contributed by atoms with Gasteiger partial charge in [0.1, 0.15) is 17.4 Å². The molecule has 0 saturated carbocycles. The van der Waals surface area contributed by atoms with E-state index in [1.807, 2.05) is 48.5 Å². The van der Waals surface area contributed by atoms with Crippen molar-refractivity contribution in [2.75, 3.05) is 5.32 Å². The second-order valence-electron chi connectivity index (χ2n) is 7.96. The number of hydrogen-bond acceptors (Lipinski definition) is 4. The molecule has 0 aliphatic rings. The molecule has 1 N–H and O–H groups in total. The molecule has 164 valence electrons. The maximum absolute atomic E-state index is 6.45. The molecule has 0 bridgehead atoms. The molecule has 0 atom stereocenters. The molecule has 5 heteroatoms. The predicted octanol–water partition coefficient (Wildman–Crippen LogP) is 8.12. The number of halogens is 1. The summed E-state index contributed by atoms with van der Waals surface area (Å²) < 4.78 is 7.09. The number of anilines is 1. The van der Waals surface area contributed by atoms with E-state index < -0.39 is 0 Å². The first-order valence-corrected chi connectivity index (χ1v) is 12.0. The van der Waals surface area contributed by atoms with Crippen LogP contribution in [0.4, 0.5) is 5.69 Å². The lowest BCUT2D eigenvalue weighted by Crippen LogP contribution is -2.00. The Kier molecular flexibility index (Phi) is 6.29. The minimum atomic E-state index is 0.499. The second kappa shape index (κ2) is 9.65. The van der Waals surface area contributed by atoms with Crippen molar-refractivity contribution in [1.29, 1.82) is 0 Å². The van der Waals surface area contributed by atoms with Crippen molar-refractivity contribution in [3.8, 4) is 16.3 Å². The van der Waals surface area contributed by atoms with Gasteiger partial charge in [-0.15, -0.1) is 11.3 Å². The first-order chi connectivity index (χ1) is 16.1. The highest BCUT2D eigenvalue weighted by Crippen LogP contribution is 2.31. The molecule has 3 nitrogen and oxygen atoms in total. The van der Waals surface area contributed by atoms with Crippen molar-refractivity contribution in [2.24, 2.45) is 0 Å². The topological polar surface area (TPSA) is 34.2 Å². The average Bonchev–Trinajstić information content (AvgIpc) is 3.26. The Morgan fingerprint density at radius 3 is 2.48 bits per heavy atom. The standard InChI is InChI=1S/C28H23ClN2OS/c1-19-7-13-25-27(15-19)33-28(31-25)22-9-11-23(12-10-22)30-17-21-8-14-26(24(29)16-21)32-18-20-5-3-2-4-6-20/h2-16,30H,17-18H2,1H3. The number of nitrogens with zero attached hydrogens (tertiary/aromatic N) is 1. The Bertz CT molecular complexity index is 1380. The number of benzene rings is 4. The van der Waals surface area contributed by atoms with Crippen LogP contribution in [-0.2, 0) is 13.2 Å². The van der Waals surface area contributed by atoms with Crippen LogP contribution in [-0.4, -0.2) is 4.98 Å². The van der Waals surface area contributed by atoms with Gasteiger partial charge in [0.2, 0.25) is 0 Å². The van der Waals surface area contributed by atoms with Crippen LogP contribution >= 0.6 is 22.9 Å². The van der Waals surface area contributed by atoms with Gasteiger partial charge in [0.05, 0.1) is 15.2 Å². The van der Waals surface area contributed by atoms with Gasteiger partial charge in [-0.05, 0) is 72.1 Å². The Morgan fingerprint density at radius 2 is 1.70 bits per heavy atom. The lowest BCUT2D eigenvalue weighted by molar-refractivity contribution is 0.306. The van der Waals surface area contributed by atoms with E-state index in [4.69, 9.17) is 21.3 Å². The Hall–Kier alpha value is -3.34. The summed E-state index contributed by atoms with van der Waals surface area (Å²) in [5.74, 6) is 0.694. The average molecular weight is 471 g/mol. The maximum Gasteiger partial charge on any atom is 0.138 e. The minimum Gasteiger partial charge on any atom is -0.487 e. The van der Waals surface area contributed by atoms with Crippen molar-refractivity contribution >= 4 is 38.8 Å². The molecule has 0 aliphatic carbocycles. The van der Waals surface area contributed by atoms with Crippen LogP contribution in [0, 0.1) is 6.92 Å². The van der Waals surface area contributed by atoms with E-state index in [1.165, 1.54) is 10.3 Å². The summed E-state index contributed by atoms with van der Waals surface area (Å²) in [7, 11) is 0. The third-order valence-corrected chi connectivity index (χ3v) is 6.77. The third kappa shape index (κ3) is 5.19. The smallest absolute Gasteiger partial charge is 0.138 e. The van der Waals surface area contributed by atoms with E-state index in [0.717, 1.165) is 32.9 Å². The monoisotopic (exact) mass is 470 g/mol. The summed E-state index contributed by atoms with van der Waals surface area (Å²) >= 11 is 8.18. The molecule has 0 fully saturated rings. The summed E-state index contributed by atoms with van der Waals surface area (Å²) in [6.07, 6.45) is 0. The van der Waals surface area contributed by atoms with Crippen LogP contribution in [0.2, 0.25) is 5.02 Å². The molecule has 1 heterocycles. The molecule has 33 heavy (non-hydrogen) atoms. The second-order valence-corrected chi connectivity index (χ2v) is 9.40. The van der Waals surface area contributed by atoms with E-state index in [-0.39, 0.29) is 0 Å². The quantitative estimate of drug-likeness (QED) is 0.261. The first kappa shape index (κ1) is 21.5. The molecule has 0 saturated heterocycles. The first-order valence-electron chi connectivity index (χ1n) is 10.8. The fourth-order valence-corrected chi connectivity index (χ4v) is 4.92. The van der Waals surface area contributed by atoms with Gasteiger partial charge in [-0.1, -0.05) is 54.1 Å². The third-order valence-electron chi connectivity index (χ3n) is 5.41. The predicted molar refractivity (Wildman–Crippen MR) is 139 cm³/mol. The lowest BCUT2D eigenvalue weighted by atomic mass is 10.2. The SMILES string of the molecule is Cc1ccc2nc(-c3ccc(NCc4ccc(OCc5ccccc5)c(Cl)c4)cc3)sc2c1. The number of nitrogens with one attached hydrogen (secondary N) is 1. The fourth-order valence-electron chi connectivity index (χ4n) is 3.60. The van der Waals surface area contributed by atoms with Crippen molar-refractivity contribution in [2.45, 2.75) is 20.1 Å². The molecule has 4 aromatic carbocycles. The van der Waals surface area contributed by atoms with E-state index in [2.05, 4.69) is 54.7 Å². The van der Waals surface area contributed by atoms with E-state index >= 15 is 0 Å². The van der Waals surface area contributed by atoms with Gasteiger partial charge < -0.3 is 10.1 Å². The summed E-state index contributed by atoms with van der Waals surface area (Å²) in [6.45, 7) is 3.29. The molecule has 0 unspecified atom stereocenters. The van der Waals surface area contributed by atoms with Crippen molar-refractivity contribution < 1.29 is 4.74 Å². The summed E-state index contributed by atoms with van der Waals surface area (Å²) in [4.78, 5) is 4.77. The fraction of sp³-hybridized carbons (Fsp3) is 0.107. The zero-order valence-corrected chi connectivity index (χ0v) is 19.8. The van der Waals surface area contributed by atoms with Gasteiger partial charge in [-0.3, -0.25) is 0 Å². The number of hydrogen-bond donors (Lipinski definition) is 1. The Labute approximate surface area is 202 Å². The van der Waals surface area contributed by atoms with Crippen LogP contribution in [0.1, 0.15) is 16.7 Å². The van der Waals surface area contributed by atoms with E-state index in [0.29, 0.717) is 23.9 Å². The molecular weight excluding hydrogens is 448 g/mol. The number of thiazole rings is 1. The Balaban J connectivity index is 1.20. The molecule has 1 aromatic heterocycles. The normalized spacial score (nSPS) is 11.0. The van der Waals surface area contributed by atoms with Crippen LogP contribution in [0.25, 0.3) is 20.8 Å². The van der Waals surface area contributed by atoms with Crippen LogP contribution < -0.4 is 10.1 Å². The number of ether oxygens (including phenoxy) is 1. The molecule has 0 spiro atoms. The van der Waals surface area contributed by atoms with Gasteiger partial charge in [0, 0.05) is 17.8 Å². The highest BCUT2D eigenvalue weighted by atomic mass is 35.5. The molecule has 0 radical (unpaired) electrons. The number of rotatable bonds is 7. The number of fused-ring (bicyclic) bond motifs is 1. The van der Waals surface area contributed by atoms with Crippen molar-refractivity contribution in [3.63, 3.8) is 0 Å². The molecule has 0 amide bonds. The summed E-state index contributed by atoms with van der Waals surface area (Å²) in [5.41, 5.74) is 6.70. The summed E-state index contributed by atoms with van der Waals surface area (Å²) in [6, 6.07) is 30.8. The zero-order chi connectivity index (χ0) is 22.6. The minimum absolute atomic E-state index is 0.499. The zero-order valence-electron chi connectivity index (χ0n) is 18.2. The van der Waals surface area contributed by atoms with Gasteiger partial charge in [0.25, 0.3) is 0 Å². The highest BCUT2D eigenvalue weighted by molar-refractivity contribution is 7.21.